The number of rotatable bonds is 12. The molecule has 0 unspecified atom stereocenters. The third kappa shape index (κ3) is 6.50. The normalized spacial score (nSPS) is 18.2. The van der Waals surface area contributed by atoms with Gasteiger partial charge < -0.3 is 36.3 Å². The van der Waals surface area contributed by atoms with Crippen molar-refractivity contribution in [2.24, 2.45) is 11.7 Å². The number of nitrogens with one attached hydrogen (secondary N) is 4. The maximum Gasteiger partial charge on any atom is 0.326 e. The minimum Gasteiger partial charge on any atom is -0.480 e. The van der Waals surface area contributed by atoms with Gasteiger partial charge in [-0.05, 0) is 30.4 Å². The van der Waals surface area contributed by atoms with Crippen molar-refractivity contribution in [2.45, 2.75) is 70.1 Å². The fraction of sp³-hybridized carbons (Fsp3) is 0.464. The van der Waals surface area contributed by atoms with Gasteiger partial charge in [0.05, 0.1) is 12.4 Å². The molecule has 40 heavy (non-hydrogen) atoms. The van der Waals surface area contributed by atoms with Gasteiger partial charge in [0, 0.05) is 48.4 Å². The van der Waals surface area contributed by atoms with Crippen LogP contribution in [0, 0.1) is 5.92 Å². The summed E-state index contributed by atoms with van der Waals surface area (Å²) in [6.45, 7) is 4.11. The summed E-state index contributed by atoms with van der Waals surface area (Å²) in [6, 6.07) is 3.72. The molecule has 12 nitrogen and oxygen atoms in total. The zero-order valence-electron chi connectivity index (χ0n) is 22.7. The first-order valence-electron chi connectivity index (χ1n) is 13.6. The van der Waals surface area contributed by atoms with Crippen LogP contribution in [0.2, 0.25) is 0 Å². The van der Waals surface area contributed by atoms with E-state index in [1.807, 2.05) is 38.1 Å². The van der Waals surface area contributed by atoms with Crippen LogP contribution >= 0.6 is 0 Å². The number of aliphatic carboxylic acids is 1. The number of H-pyrrole nitrogens is 2. The van der Waals surface area contributed by atoms with Crippen molar-refractivity contribution < 1.29 is 24.3 Å². The Morgan fingerprint density at radius 2 is 1.93 bits per heavy atom. The number of nitrogens with two attached hydrogens (primary N) is 1. The number of benzene rings is 1. The molecule has 3 aromatic rings. The number of likely N-dealkylation sites (tertiary alicyclic amines) is 1. The van der Waals surface area contributed by atoms with Crippen LogP contribution in [0.1, 0.15) is 44.4 Å². The highest BCUT2D eigenvalue weighted by Gasteiger charge is 2.39. The quantitative estimate of drug-likeness (QED) is 0.194. The molecule has 1 aliphatic rings. The van der Waals surface area contributed by atoms with Crippen molar-refractivity contribution in [3.05, 3.63) is 54.2 Å². The van der Waals surface area contributed by atoms with Crippen LogP contribution in [0.15, 0.2) is 43.0 Å². The van der Waals surface area contributed by atoms with Crippen LogP contribution in [0.5, 0.6) is 0 Å². The first kappa shape index (κ1) is 28.8. The Morgan fingerprint density at radius 1 is 1.15 bits per heavy atom. The number of hydrogen-bond acceptors (Lipinski definition) is 6. The Balaban J connectivity index is 1.48. The lowest BCUT2D eigenvalue weighted by atomic mass is 9.98. The average Bonchev–Trinajstić information content (AvgIpc) is 3.72. The van der Waals surface area contributed by atoms with Crippen molar-refractivity contribution in [1.29, 1.82) is 0 Å². The lowest BCUT2D eigenvalue weighted by Gasteiger charge is -2.30. The summed E-state index contributed by atoms with van der Waals surface area (Å²) < 4.78 is 0. The summed E-state index contributed by atoms with van der Waals surface area (Å²) in [7, 11) is 0. The zero-order valence-corrected chi connectivity index (χ0v) is 22.7. The third-order valence-corrected chi connectivity index (χ3v) is 7.71. The first-order valence-corrected chi connectivity index (χ1v) is 13.6. The van der Waals surface area contributed by atoms with E-state index < -0.39 is 47.9 Å². The van der Waals surface area contributed by atoms with Crippen LogP contribution in [0.4, 0.5) is 0 Å². The molecule has 0 bridgehead atoms. The summed E-state index contributed by atoms with van der Waals surface area (Å²) in [5, 5.41) is 16.2. The maximum atomic E-state index is 13.7. The lowest BCUT2D eigenvalue weighted by molar-refractivity contribution is -0.145. The Kier molecular flexibility index (Phi) is 9.20. The molecule has 214 valence electrons. The van der Waals surface area contributed by atoms with Crippen molar-refractivity contribution in [3.8, 4) is 0 Å². The Bertz CT molecular complexity index is 1340. The van der Waals surface area contributed by atoms with Crippen molar-refractivity contribution in [3.63, 3.8) is 0 Å². The maximum absolute atomic E-state index is 13.7. The summed E-state index contributed by atoms with van der Waals surface area (Å²) in [6.07, 6.45) is 6.66. The van der Waals surface area contributed by atoms with Crippen molar-refractivity contribution >= 4 is 34.6 Å². The number of carboxylic acid groups (broad SMARTS) is 1. The van der Waals surface area contributed by atoms with E-state index >= 15 is 0 Å². The van der Waals surface area contributed by atoms with E-state index in [4.69, 9.17) is 5.73 Å². The molecular formula is C28H37N7O5. The molecule has 1 fully saturated rings. The second kappa shape index (κ2) is 12.8. The molecule has 4 rings (SSSR count). The van der Waals surface area contributed by atoms with Crippen LogP contribution in [0.25, 0.3) is 10.9 Å². The minimum absolute atomic E-state index is 0.0811. The van der Waals surface area contributed by atoms with Gasteiger partial charge in [0.15, 0.2) is 0 Å². The van der Waals surface area contributed by atoms with E-state index in [-0.39, 0.29) is 18.8 Å². The topological polar surface area (TPSA) is 186 Å². The fourth-order valence-electron chi connectivity index (χ4n) is 5.09. The molecule has 5 atom stereocenters. The number of imidazole rings is 1. The molecular weight excluding hydrogens is 514 g/mol. The SMILES string of the molecule is CC[C@H](C)[C@H](N)C(=O)N[C@@H](Cc1cnc[nH]1)C(=O)N1CCC[C@H]1C(=O)N[C@@H](Cc1c[nH]c2ccccc12)C(=O)O. The van der Waals surface area contributed by atoms with E-state index in [2.05, 4.69) is 25.6 Å². The van der Waals surface area contributed by atoms with Gasteiger partial charge in [-0.1, -0.05) is 38.5 Å². The number of hydrogen-bond donors (Lipinski definition) is 6. The molecule has 1 saturated heterocycles. The van der Waals surface area contributed by atoms with Gasteiger partial charge in [0.2, 0.25) is 17.7 Å². The van der Waals surface area contributed by atoms with E-state index in [1.165, 1.54) is 11.2 Å². The first-order chi connectivity index (χ1) is 19.2. The van der Waals surface area contributed by atoms with E-state index in [9.17, 15) is 24.3 Å². The van der Waals surface area contributed by atoms with Gasteiger partial charge in [0.25, 0.3) is 0 Å². The van der Waals surface area contributed by atoms with Gasteiger partial charge in [0.1, 0.15) is 18.1 Å². The van der Waals surface area contributed by atoms with E-state index in [0.717, 1.165) is 16.5 Å². The van der Waals surface area contributed by atoms with Crippen molar-refractivity contribution in [1.82, 2.24) is 30.5 Å². The Hall–Kier alpha value is -4.19. The zero-order chi connectivity index (χ0) is 28.8. The number of amides is 3. The standard InChI is InChI=1S/C28H37N7O5/c1-3-16(2)24(29)26(37)33-21(12-18-14-30-15-32-18)27(38)35-10-6-9-23(35)25(36)34-22(28(39)40)11-17-13-31-20-8-5-4-7-19(17)20/h4-5,7-8,13-16,21-24,31H,3,6,9-12,29H2,1-2H3,(H,30,32)(H,33,37)(H,34,36)(H,39,40)/t16-,21-,22-,23-,24-/m0/s1. The molecule has 0 saturated carbocycles. The second-order valence-electron chi connectivity index (χ2n) is 10.4. The number of aromatic nitrogens is 3. The Labute approximate surface area is 232 Å². The predicted octanol–water partition coefficient (Wildman–Crippen LogP) is 1.09. The summed E-state index contributed by atoms with van der Waals surface area (Å²) in [4.78, 5) is 63.6. The van der Waals surface area contributed by atoms with Crippen LogP contribution in [0.3, 0.4) is 0 Å². The number of para-hydroxylation sites is 1. The van der Waals surface area contributed by atoms with Gasteiger partial charge in [-0.15, -0.1) is 0 Å². The number of carbonyl (C=O) groups excluding carboxylic acids is 3. The summed E-state index contributed by atoms with van der Waals surface area (Å²) in [5.74, 6) is -2.67. The van der Waals surface area contributed by atoms with Gasteiger partial charge in [-0.25, -0.2) is 9.78 Å². The van der Waals surface area contributed by atoms with Crippen LogP contribution in [-0.4, -0.2) is 79.4 Å². The second-order valence-corrected chi connectivity index (χ2v) is 10.4. The molecule has 3 heterocycles. The number of nitrogens with zero attached hydrogens (tertiary/aromatic N) is 2. The van der Waals surface area contributed by atoms with Crippen LogP contribution in [-0.2, 0) is 32.0 Å². The number of aromatic amines is 2. The number of fused-ring (bicyclic) bond motifs is 1. The Morgan fingerprint density at radius 3 is 2.62 bits per heavy atom. The third-order valence-electron chi connectivity index (χ3n) is 7.71. The monoisotopic (exact) mass is 551 g/mol. The molecule has 1 aliphatic heterocycles. The van der Waals surface area contributed by atoms with Gasteiger partial charge in [-0.3, -0.25) is 14.4 Å². The fourth-order valence-corrected chi connectivity index (χ4v) is 5.09. The van der Waals surface area contributed by atoms with Crippen LogP contribution < -0.4 is 16.4 Å². The van der Waals surface area contributed by atoms with Crippen molar-refractivity contribution in [2.75, 3.05) is 6.54 Å². The van der Waals surface area contributed by atoms with Gasteiger partial charge >= 0.3 is 5.97 Å². The van der Waals surface area contributed by atoms with E-state index in [1.54, 1.807) is 12.4 Å². The highest BCUT2D eigenvalue weighted by atomic mass is 16.4. The number of carbonyl (C=O) groups is 4. The lowest BCUT2D eigenvalue weighted by Crippen LogP contribution is -2.58. The molecule has 2 aromatic heterocycles. The highest BCUT2D eigenvalue weighted by Crippen LogP contribution is 2.22. The molecule has 7 N–H and O–H groups in total. The molecule has 12 heteroatoms. The average molecular weight is 552 g/mol. The van der Waals surface area contributed by atoms with E-state index in [0.29, 0.717) is 31.5 Å². The largest absolute Gasteiger partial charge is 0.480 e. The summed E-state index contributed by atoms with van der Waals surface area (Å²) >= 11 is 0. The predicted molar refractivity (Wildman–Crippen MR) is 148 cm³/mol. The molecule has 0 radical (unpaired) electrons. The smallest absolute Gasteiger partial charge is 0.326 e. The number of carboxylic acids is 1. The summed E-state index contributed by atoms with van der Waals surface area (Å²) in [5.41, 5.74) is 8.40. The molecule has 0 spiro atoms. The molecule has 1 aromatic carbocycles. The minimum atomic E-state index is -1.18. The highest BCUT2D eigenvalue weighted by molar-refractivity contribution is 5.95. The molecule has 0 aliphatic carbocycles. The van der Waals surface area contributed by atoms with Gasteiger partial charge in [-0.2, -0.15) is 0 Å². The molecule has 3 amide bonds.